The summed E-state index contributed by atoms with van der Waals surface area (Å²) in [4.78, 5) is 52.1. The van der Waals surface area contributed by atoms with Gasteiger partial charge in [-0.1, -0.05) is 130 Å². The van der Waals surface area contributed by atoms with Gasteiger partial charge in [-0.25, -0.2) is 14.4 Å². The summed E-state index contributed by atoms with van der Waals surface area (Å²) in [5, 5.41) is 19.1. The Bertz CT molecular complexity index is 1860. The number of fused-ring (bicyclic) bond motifs is 3. The van der Waals surface area contributed by atoms with Gasteiger partial charge in [0, 0.05) is 12.5 Å². The summed E-state index contributed by atoms with van der Waals surface area (Å²) in [5.74, 6) is -2.33. The van der Waals surface area contributed by atoms with Gasteiger partial charge in [0.25, 0.3) is 8.32 Å². The highest BCUT2D eigenvalue weighted by atomic mass is 28.4. The Balaban J connectivity index is 1.31. The molecule has 0 spiro atoms. The van der Waals surface area contributed by atoms with E-state index in [1.54, 1.807) is 20.8 Å². The van der Waals surface area contributed by atoms with Gasteiger partial charge < -0.3 is 35.0 Å². The highest BCUT2D eigenvalue weighted by molar-refractivity contribution is 6.99. The van der Waals surface area contributed by atoms with Crippen molar-refractivity contribution in [3.8, 4) is 11.1 Å². The number of ether oxygens (including phenoxy) is 2. The number of hydrogen-bond donors (Lipinski definition) is 4. The van der Waals surface area contributed by atoms with E-state index >= 15 is 0 Å². The molecule has 0 aromatic heterocycles. The lowest BCUT2D eigenvalue weighted by atomic mass is 9.98. The average Bonchev–Trinajstić information content (AvgIpc) is 3.45. The molecular formula is C42H49N3O8Si. The second-order valence-corrected chi connectivity index (χ2v) is 19.6. The first-order chi connectivity index (χ1) is 25.6. The number of carboxylic acid groups (broad SMARTS) is 1. The molecule has 11 nitrogen and oxygen atoms in total. The third kappa shape index (κ3) is 9.18. The molecule has 0 radical (unpaired) electrons. The van der Waals surface area contributed by atoms with Crippen LogP contribution in [-0.2, 0) is 23.5 Å². The van der Waals surface area contributed by atoms with Gasteiger partial charge in [-0.05, 0) is 58.4 Å². The van der Waals surface area contributed by atoms with Gasteiger partial charge >= 0.3 is 18.2 Å². The minimum Gasteiger partial charge on any atom is -0.480 e. The molecule has 4 N–H and O–H groups in total. The summed E-state index contributed by atoms with van der Waals surface area (Å²) in [7, 11) is -3.14. The van der Waals surface area contributed by atoms with E-state index in [9.17, 15) is 24.3 Å². The number of rotatable bonds is 13. The predicted molar refractivity (Wildman–Crippen MR) is 209 cm³/mol. The Morgan fingerprint density at radius 3 is 1.65 bits per heavy atom. The van der Waals surface area contributed by atoms with Crippen molar-refractivity contribution in [3.05, 3.63) is 120 Å². The van der Waals surface area contributed by atoms with Crippen LogP contribution in [0.3, 0.4) is 0 Å². The van der Waals surface area contributed by atoms with E-state index in [4.69, 9.17) is 13.9 Å². The molecule has 2 atom stereocenters. The third-order valence-corrected chi connectivity index (χ3v) is 14.3. The molecule has 0 aliphatic heterocycles. The lowest BCUT2D eigenvalue weighted by Crippen LogP contribution is -2.68. The number of aliphatic carboxylic acids is 1. The molecule has 0 heterocycles. The van der Waals surface area contributed by atoms with E-state index in [0.717, 1.165) is 32.6 Å². The molecule has 3 amide bonds. The van der Waals surface area contributed by atoms with Gasteiger partial charge in [0.05, 0.1) is 6.61 Å². The van der Waals surface area contributed by atoms with Crippen molar-refractivity contribution in [1.82, 2.24) is 16.0 Å². The van der Waals surface area contributed by atoms with Crippen LogP contribution in [0.15, 0.2) is 109 Å². The zero-order chi connectivity index (χ0) is 39.1. The SMILES string of the molecule is CC(C)(C)OC(=O)N[C@@H](CO[Si](c1ccccc1)(c1ccccc1)C(C)(C)C)C(=O)NC[C@H](NC(=O)OCC1c2ccccc2-c2ccccc21)C(=O)O. The maximum absolute atomic E-state index is 13.8. The Morgan fingerprint density at radius 2 is 1.17 bits per heavy atom. The van der Waals surface area contributed by atoms with Gasteiger partial charge in [-0.2, -0.15) is 0 Å². The Morgan fingerprint density at radius 1 is 0.685 bits per heavy atom. The molecule has 0 bridgehead atoms. The fourth-order valence-corrected chi connectivity index (χ4v) is 11.5. The summed E-state index contributed by atoms with van der Waals surface area (Å²) in [6, 6.07) is 32.5. The average molecular weight is 752 g/mol. The number of amides is 3. The largest absolute Gasteiger partial charge is 0.480 e. The molecule has 0 unspecified atom stereocenters. The number of carbonyl (C=O) groups excluding carboxylic acids is 3. The van der Waals surface area contributed by atoms with Crippen LogP contribution in [0, 0.1) is 0 Å². The van der Waals surface area contributed by atoms with E-state index in [1.165, 1.54) is 0 Å². The number of hydrogen-bond acceptors (Lipinski definition) is 7. The van der Waals surface area contributed by atoms with Crippen LogP contribution in [0.25, 0.3) is 11.1 Å². The number of carbonyl (C=O) groups is 4. The maximum Gasteiger partial charge on any atom is 0.408 e. The van der Waals surface area contributed by atoms with Crippen molar-refractivity contribution >= 4 is 42.8 Å². The van der Waals surface area contributed by atoms with E-state index in [1.807, 2.05) is 109 Å². The topological polar surface area (TPSA) is 152 Å². The minimum absolute atomic E-state index is 0.0139. The number of benzene rings is 4. The summed E-state index contributed by atoms with van der Waals surface area (Å²) in [6.45, 7) is 10.6. The summed E-state index contributed by atoms with van der Waals surface area (Å²) in [6.07, 6.45) is -1.79. The molecule has 1 aliphatic rings. The van der Waals surface area contributed by atoms with Crippen LogP contribution in [-0.4, -0.2) is 74.9 Å². The molecule has 54 heavy (non-hydrogen) atoms. The van der Waals surface area contributed by atoms with E-state index in [0.29, 0.717) is 0 Å². The second-order valence-electron chi connectivity index (χ2n) is 15.3. The molecule has 12 heteroatoms. The van der Waals surface area contributed by atoms with E-state index < -0.39 is 61.6 Å². The minimum atomic E-state index is -3.14. The van der Waals surface area contributed by atoms with Gasteiger partial charge in [0.1, 0.15) is 24.3 Å². The fourth-order valence-electron chi connectivity index (χ4n) is 6.91. The van der Waals surface area contributed by atoms with Crippen LogP contribution >= 0.6 is 0 Å². The number of alkyl carbamates (subject to hydrolysis) is 2. The monoisotopic (exact) mass is 751 g/mol. The molecule has 0 saturated heterocycles. The zero-order valence-corrected chi connectivity index (χ0v) is 32.6. The van der Waals surface area contributed by atoms with Crippen LogP contribution in [0.5, 0.6) is 0 Å². The molecule has 4 aromatic rings. The van der Waals surface area contributed by atoms with Crippen molar-refractivity contribution in [3.63, 3.8) is 0 Å². The molecule has 5 rings (SSSR count). The molecule has 0 fully saturated rings. The fraction of sp³-hybridized carbons (Fsp3) is 0.333. The summed E-state index contributed by atoms with van der Waals surface area (Å²) in [5.41, 5.74) is 3.28. The van der Waals surface area contributed by atoms with Crippen molar-refractivity contribution in [2.45, 2.75) is 70.2 Å². The molecular weight excluding hydrogens is 703 g/mol. The first-order valence-corrected chi connectivity index (χ1v) is 19.9. The molecule has 0 saturated carbocycles. The number of nitrogens with one attached hydrogen (secondary N) is 3. The quantitative estimate of drug-likeness (QED) is 0.130. The van der Waals surface area contributed by atoms with Crippen LogP contribution < -0.4 is 26.3 Å². The van der Waals surface area contributed by atoms with Crippen LogP contribution in [0.2, 0.25) is 5.04 Å². The lowest BCUT2D eigenvalue weighted by Gasteiger charge is -2.43. The highest BCUT2D eigenvalue weighted by Gasteiger charge is 2.50. The van der Waals surface area contributed by atoms with Crippen molar-refractivity contribution < 1.29 is 38.2 Å². The van der Waals surface area contributed by atoms with Gasteiger partial charge in [0.2, 0.25) is 5.91 Å². The molecule has 284 valence electrons. The second kappa shape index (κ2) is 16.7. The number of carboxylic acids is 1. The van der Waals surface area contributed by atoms with Crippen molar-refractivity contribution in [1.29, 1.82) is 0 Å². The van der Waals surface area contributed by atoms with E-state index in [2.05, 4.69) is 36.7 Å². The Kier molecular flexibility index (Phi) is 12.3. The summed E-state index contributed by atoms with van der Waals surface area (Å²) < 4.78 is 18.0. The maximum atomic E-state index is 13.8. The van der Waals surface area contributed by atoms with Gasteiger partial charge in [-0.15, -0.1) is 0 Å². The molecule has 4 aromatic carbocycles. The smallest absolute Gasteiger partial charge is 0.408 e. The highest BCUT2D eigenvalue weighted by Crippen LogP contribution is 2.44. The normalized spacial score (nSPS) is 13.8. The molecule has 1 aliphatic carbocycles. The van der Waals surface area contributed by atoms with Crippen LogP contribution in [0.1, 0.15) is 58.6 Å². The zero-order valence-electron chi connectivity index (χ0n) is 31.6. The van der Waals surface area contributed by atoms with Crippen molar-refractivity contribution in [2.24, 2.45) is 0 Å². The third-order valence-electron chi connectivity index (χ3n) is 9.31. The Labute approximate surface area is 317 Å². The first kappa shape index (κ1) is 39.7. The standard InChI is InChI=1S/C42H49N3O8Si/c1-41(2,3)53-40(50)45-36(27-52-54(42(4,5)6,28-17-9-7-10-18-28)29-19-11-8-12-20-29)37(46)43-25-35(38(47)48)44-39(49)51-26-34-32-23-15-13-21-30(32)31-22-14-16-24-33(31)34/h7-24,34-36H,25-27H2,1-6H3,(H,43,46)(H,44,49)(H,45,50)(H,47,48)/t35-,36-/m0/s1. The van der Waals surface area contributed by atoms with E-state index in [-0.39, 0.29) is 19.1 Å². The van der Waals surface area contributed by atoms with Crippen LogP contribution in [0.4, 0.5) is 9.59 Å². The van der Waals surface area contributed by atoms with Gasteiger partial charge in [-0.3, -0.25) is 4.79 Å². The predicted octanol–water partition coefficient (Wildman–Crippen LogP) is 5.56. The Hall–Kier alpha value is -5.46. The van der Waals surface area contributed by atoms with Gasteiger partial charge in [0.15, 0.2) is 0 Å². The van der Waals surface area contributed by atoms with Crippen molar-refractivity contribution in [2.75, 3.05) is 19.8 Å². The first-order valence-electron chi connectivity index (χ1n) is 18.0. The lowest BCUT2D eigenvalue weighted by molar-refractivity contribution is -0.139. The summed E-state index contributed by atoms with van der Waals surface area (Å²) >= 11 is 0.